The summed E-state index contributed by atoms with van der Waals surface area (Å²) in [6.07, 6.45) is 5.90. The van der Waals surface area contributed by atoms with E-state index in [9.17, 15) is 14.2 Å². The fraction of sp³-hybridized carbons (Fsp3) is 0.409. The van der Waals surface area contributed by atoms with Crippen LogP contribution < -0.4 is 4.74 Å². The highest BCUT2D eigenvalue weighted by Crippen LogP contribution is 2.47. The third-order valence-corrected chi connectivity index (χ3v) is 5.84. The van der Waals surface area contributed by atoms with Crippen molar-refractivity contribution in [3.63, 3.8) is 0 Å². The fourth-order valence-electron chi connectivity index (χ4n) is 2.62. The second-order valence-corrected chi connectivity index (χ2v) is 8.49. The molecule has 0 saturated carbocycles. The Kier molecular flexibility index (Phi) is 12.1. The molecule has 182 valence electrons. The van der Waals surface area contributed by atoms with E-state index in [1.54, 1.807) is 40.3 Å². The number of imidazole rings is 1. The summed E-state index contributed by atoms with van der Waals surface area (Å²) in [5.74, 6) is -0.879. The number of ether oxygens (including phenoxy) is 2. The molecule has 1 N–H and O–H groups in total. The zero-order valence-corrected chi connectivity index (χ0v) is 20.4. The Morgan fingerprint density at radius 3 is 2.30 bits per heavy atom. The van der Waals surface area contributed by atoms with Gasteiger partial charge in [-0.25, -0.2) is 9.78 Å². The lowest BCUT2D eigenvalue weighted by Gasteiger charge is -2.15. The number of nitrogens with zero attached hydrogens (tertiary/aromatic N) is 2. The van der Waals surface area contributed by atoms with Crippen molar-refractivity contribution in [2.24, 2.45) is 0 Å². The van der Waals surface area contributed by atoms with Gasteiger partial charge < -0.3 is 28.2 Å². The van der Waals surface area contributed by atoms with Crippen LogP contribution >= 0.6 is 7.60 Å². The predicted octanol–water partition coefficient (Wildman–Crippen LogP) is 4.10. The largest absolute Gasteiger partial charge is 0.495 e. The van der Waals surface area contributed by atoms with Gasteiger partial charge in [0.25, 0.3) is 0 Å². The summed E-state index contributed by atoms with van der Waals surface area (Å²) in [6, 6.07) is 5.47. The van der Waals surface area contributed by atoms with Crippen molar-refractivity contribution in [1.29, 1.82) is 0 Å². The third kappa shape index (κ3) is 10.0. The van der Waals surface area contributed by atoms with Crippen molar-refractivity contribution in [2.45, 2.75) is 27.7 Å². The fourth-order valence-corrected chi connectivity index (χ4v) is 4.07. The van der Waals surface area contributed by atoms with Crippen LogP contribution in [0.5, 0.6) is 5.75 Å². The first-order chi connectivity index (χ1) is 15.7. The van der Waals surface area contributed by atoms with E-state index in [1.165, 1.54) is 6.08 Å². The first-order valence-electron chi connectivity index (χ1n) is 10.3. The van der Waals surface area contributed by atoms with E-state index < -0.39 is 19.5 Å². The third-order valence-electron chi connectivity index (χ3n) is 3.89. The molecule has 0 aliphatic heterocycles. The van der Waals surface area contributed by atoms with Gasteiger partial charge in [-0.05, 0) is 51.5 Å². The Labute approximate surface area is 193 Å². The molecule has 0 saturated heterocycles. The van der Waals surface area contributed by atoms with Crippen LogP contribution in [0.2, 0.25) is 0 Å². The number of benzene rings is 1. The Morgan fingerprint density at radius 1 is 1.15 bits per heavy atom. The highest BCUT2D eigenvalue weighted by molar-refractivity contribution is 7.54. The van der Waals surface area contributed by atoms with E-state index in [-0.39, 0.29) is 26.0 Å². The number of esters is 1. The Morgan fingerprint density at radius 2 is 1.82 bits per heavy atom. The molecule has 1 heterocycles. The van der Waals surface area contributed by atoms with Crippen LogP contribution in [-0.4, -0.2) is 59.7 Å². The summed E-state index contributed by atoms with van der Waals surface area (Å²) in [5, 5.41) is 8.61. The predicted molar refractivity (Wildman–Crippen MR) is 124 cm³/mol. The maximum atomic E-state index is 11.8. The molecule has 0 aliphatic rings. The molecule has 2 rings (SSSR count). The Balaban J connectivity index is 0.000000349. The van der Waals surface area contributed by atoms with Gasteiger partial charge in [0.2, 0.25) is 0 Å². The molecular formula is C22H31N2O8P. The minimum absolute atomic E-state index is 0.247. The van der Waals surface area contributed by atoms with Crippen molar-refractivity contribution < 1.29 is 37.8 Å². The van der Waals surface area contributed by atoms with Crippen molar-refractivity contribution in [3.05, 3.63) is 48.1 Å². The van der Waals surface area contributed by atoms with Crippen LogP contribution in [0, 0.1) is 6.92 Å². The maximum absolute atomic E-state index is 11.8. The van der Waals surface area contributed by atoms with E-state index in [2.05, 4.69) is 9.72 Å². The van der Waals surface area contributed by atoms with Crippen molar-refractivity contribution >= 4 is 25.6 Å². The Bertz CT molecular complexity index is 977. The van der Waals surface area contributed by atoms with E-state index in [0.717, 1.165) is 23.0 Å². The molecule has 0 aliphatic carbocycles. The zero-order chi connectivity index (χ0) is 24.9. The van der Waals surface area contributed by atoms with Crippen LogP contribution in [0.1, 0.15) is 32.0 Å². The number of carbonyl (C=O) groups excluding carboxylic acids is 1. The summed E-state index contributed by atoms with van der Waals surface area (Å²) in [4.78, 5) is 25.7. The molecular weight excluding hydrogens is 451 g/mol. The van der Waals surface area contributed by atoms with Crippen molar-refractivity contribution in [3.8, 4) is 11.4 Å². The molecule has 33 heavy (non-hydrogen) atoms. The molecule has 10 nitrogen and oxygen atoms in total. The minimum atomic E-state index is -3.28. The number of aryl methyl sites for hydroxylation is 1. The van der Waals surface area contributed by atoms with E-state index >= 15 is 0 Å². The van der Waals surface area contributed by atoms with Gasteiger partial charge in [-0.1, -0.05) is 6.07 Å². The SMILES string of the molecule is CCOC(=O)CP(=O)(OCC)OCC.COc1cc(/C=C/C(=O)O)ccc1-n1cnc(C)c1. The summed E-state index contributed by atoms with van der Waals surface area (Å²) in [7, 11) is -1.70. The van der Waals surface area contributed by atoms with Gasteiger partial charge in [-0.2, -0.15) is 0 Å². The van der Waals surface area contributed by atoms with Gasteiger partial charge in [-0.3, -0.25) is 9.36 Å². The lowest BCUT2D eigenvalue weighted by atomic mass is 10.1. The molecule has 0 spiro atoms. The van der Waals surface area contributed by atoms with Gasteiger partial charge >= 0.3 is 19.5 Å². The number of hydrogen-bond acceptors (Lipinski definition) is 8. The minimum Gasteiger partial charge on any atom is -0.495 e. The summed E-state index contributed by atoms with van der Waals surface area (Å²) < 4.78 is 33.4. The van der Waals surface area contributed by atoms with Crippen LogP contribution in [0.25, 0.3) is 11.8 Å². The molecule has 0 fully saturated rings. The number of aliphatic carboxylic acids is 1. The second kappa shape index (κ2) is 14.3. The average molecular weight is 482 g/mol. The topological polar surface area (TPSA) is 126 Å². The quantitative estimate of drug-likeness (QED) is 0.286. The molecule has 0 amide bonds. The van der Waals surface area contributed by atoms with E-state index in [1.807, 2.05) is 29.8 Å². The van der Waals surface area contributed by atoms with Gasteiger partial charge in [0, 0.05) is 12.3 Å². The molecule has 11 heteroatoms. The smallest absolute Gasteiger partial charge is 0.341 e. The number of carboxylic acids is 1. The van der Waals surface area contributed by atoms with Gasteiger partial charge in [0.1, 0.15) is 11.9 Å². The molecule has 0 bridgehead atoms. The number of carboxylic acid groups (broad SMARTS) is 1. The number of rotatable bonds is 11. The van der Waals surface area contributed by atoms with Crippen molar-refractivity contribution in [1.82, 2.24) is 9.55 Å². The van der Waals surface area contributed by atoms with Gasteiger partial charge in [0.15, 0.2) is 0 Å². The number of methoxy groups -OCH3 is 1. The second-order valence-electron chi connectivity index (χ2n) is 6.43. The normalized spacial score (nSPS) is 11.1. The molecule has 1 aromatic heterocycles. The highest BCUT2D eigenvalue weighted by Gasteiger charge is 2.28. The number of aromatic nitrogens is 2. The van der Waals surface area contributed by atoms with Crippen LogP contribution in [0.3, 0.4) is 0 Å². The molecule has 0 radical (unpaired) electrons. The maximum Gasteiger partial charge on any atom is 0.341 e. The zero-order valence-electron chi connectivity index (χ0n) is 19.5. The first kappa shape index (κ1) is 28.1. The van der Waals surface area contributed by atoms with Crippen LogP contribution in [0.4, 0.5) is 0 Å². The molecule has 1 aromatic carbocycles. The number of hydrogen-bond donors (Lipinski definition) is 1. The van der Waals surface area contributed by atoms with E-state index in [0.29, 0.717) is 5.75 Å². The molecule has 0 atom stereocenters. The van der Waals surface area contributed by atoms with Gasteiger partial charge in [-0.15, -0.1) is 0 Å². The monoisotopic (exact) mass is 482 g/mol. The lowest BCUT2D eigenvalue weighted by Crippen LogP contribution is -2.12. The standard InChI is InChI=1S/C14H14N2O3.C8H17O5P/c1-10-8-16(9-15-10)12-5-3-11(4-6-14(17)18)7-13(12)19-2;1-4-11-8(9)7-14(10,12-5-2)13-6-3/h3-9H,1-2H3,(H,17,18);4-7H2,1-3H3/b6-4+;. The van der Waals surface area contributed by atoms with Crippen LogP contribution in [0.15, 0.2) is 36.8 Å². The van der Waals surface area contributed by atoms with Crippen molar-refractivity contribution in [2.75, 3.05) is 33.1 Å². The first-order valence-corrected chi connectivity index (χ1v) is 12.0. The summed E-state index contributed by atoms with van der Waals surface area (Å²) in [5.41, 5.74) is 2.53. The highest BCUT2D eigenvalue weighted by atomic mass is 31.2. The van der Waals surface area contributed by atoms with E-state index in [4.69, 9.17) is 18.9 Å². The van der Waals surface area contributed by atoms with Gasteiger partial charge in [0.05, 0.1) is 44.6 Å². The molecule has 0 unspecified atom stereocenters. The lowest BCUT2D eigenvalue weighted by molar-refractivity contribution is -0.140. The molecule has 2 aromatic rings. The number of carbonyl (C=O) groups is 2. The Hall–Kier alpha value is -2.94. The van der Waals surface area contributed by atoms with Crippen LogP contribution in [-0.2, 0) is 27.9 Å². The summed E-state index contributed by atoms with van der Waals surface area (Å²) in [6.45, 7) is 7.73. The summed E-state index contributed by atoms with van der Waals surface area (Å²) >= 11 is 0. The average Bonchev–Trinajstić information content (AvgIpc) is 3.18.